The number of carboxylic acid groups (broad SMARTS) is 1. The zero-order valence-electron chi connectivity index (χ0n) is 9.83. The number of pyridine rings is 1. The second-order valence-corrected chi connectivity index (χ2v) is 5.60. The van der Waals surface area contributed by atoms with Crippen LogP contribution in [0.25, 0.3) is 11.1 Å². The van der Waals surface area contributed by atoms with Gasteiger partial charge in [-0.15, -0.1) is 0 Å². The molecule has 0 saturated heterocycles. The van der Waals surface area contributed by atoms with Crippen LogP contribution in [0.5, 0.6) is 0 Å². The SMILES string of the molecule is O=C(O)Cc1ncc(Cl)cc1-c1cc(Cl)c(Cl)c(Cl)c1. The first kappa shape index (κ1) is 15.4. The summed E-state index contributed by atoms with van der Waals surface area (Å²) >= 11 is 23.8. The van der Waals surface area contributed by atoms with Gasteiger partial charge in [-0.25, -0.2) is 0 Å². The lowest BCUT2D eigenvalue weighted by Gasteiger charge is -2.10. The van der Waals surface area contributed by atoms with Gasteiger partial charge in [0.2, 0.25) is 0 Å². The van der Waals surface area contributed by atoms with E-state index in [0.717, 1.165) is 0 Å². The predicted molar refractivity (Wildman–Crippen MR) is 81.1 cm³/mol. The molecular formula is C13H7Cl4NO2. The predicted octanol–water partition coefficient (Wildman–Crippen LogP) is 4.99. The molecule has 1 N–H and O–H groups in total. The molecule has 0 aliphatic rings. The van der Waals surface area contributed by atoms with Crippen molar-refractivity contribution in [3.05, 3.63) is 50.2 Å². The standard InChI is InChI=1S/C13H7Cl4NO2/c14-7-3-8(11(18-5-7)4-12(19)20)6-1-9(15)13(17)10(16)2-6/h1-3,5H,4H2,(H,19,20). The van der Waals surface area contributed by atoms with Gasteiger partial charge in [0.15, 0.2) is 0 Å². The summed E-state index contributed by atoms with van der Waals surface area (Å²) in [6.07, 6.45) is 1.16. The molecule has 1 aromatic heterocycles. The molecule has 0 aliphatic heterocycles. The quantitative estimate of drug-likeness (QED) is 0.793. The molecule has 0 aliphatic carbocycles. The molecule has 3 nitrogen and oxygen atoms in total. The Kier molecular flexibility index (Phi) is 4.76. The van der Waals surface area contributed by atoms with Gasteiger partial charge < -0.3 is 5.11 Å². The lowest BCUT2D eigenvalue weighted by atomic mass is 10.0. The number of aromatic nitrogens is 1. The van der Waals surface area contributed by atoms with E-state index >= 15 is 0 Å². The molecule has 0 radical (unpaired) electrons. The fourth-order valence-electron chi connectivity index (χ4n) is 1.71. The highest BCUT2D eigenvalue weighted by molar-refractivity contribution is 6.48. The molecule has 104 valence electrons. The number of carbonyl (C=O) groups is 1. The van der Waals surface area contributed by atoms with Crippen LogP contribution in [-0.4, -0.2) is 16.1 Å². The number of halogens is 4. The van der Waals surface area contributed by atoms with Crippen molar-refractivity contribution in [3.63, 3.8) is 0 Å². The highest BCUT2D eigenvalue weighted by atomic mass is 35.5. The fourth-order valence-corrected chi connectivity index (χ4v) is 2.47. The van der Waals surface area contributed by atoms with Crippen molar-refractivity contribution in [1.82, 2.24) is 4.98 Å². The van der Waals surface area contributed by atoms with Crippen LogP contribution in [0.4, 0.5) is 0 Å². The minimum absolute atomic E-state index is 0.232. The van der Waals surface area contributed by atoms with E-state index in [9.17, 15) is 4.79 Å². The van der Waals surface area contributed by atoms with E-state index in [1.54, 1.807) is 18.2 Å². The van der Waals surface area contributed by atoms with E-state index in [1.807, 2.05) is 0 Å². The number of benzene rings is 1. The summed E-state index contributed by atoms with van der Waals surface area (Å²) in [5.41, 5.74) is 1.53. The van der Waals surface area contributed by atoms with Gasteiger partial charge in [-0.3, -0.25) is 9.78 Å². The summed E-state index contributed by atoms with van der Waals surface area (Å²) in [5.74, 6) is -0.993. The third-order valence-electron chi connectivity index (χ3n) is 2.55. The van der Waals surface area contributed by atoms with E-state index in [2.05, 4.69) is 4.98 Å². The average molecular weight is 351 g/mol. The van der Waals surface area contributed by atoms with Gasteiger partial charge >= 0.3 is 5.97 Å². The van der Waals surface area contributed by atoms with Crippen molar-refractivity contribution in [2.45, 2.75) is 6.42 Å². The van der Waals surface area contributed by atoms with Gasteiger partial charge in [-0.1, -0.05) is 46.4 Å². The summed E-state index contributed by atoms with van der Waals surface area (Å²) in [6.45, 7) is 0. The lowest BCUT2D eigenvalue weighted by molar-refractivity contribution is -0.136. The Morgan fingerprint density at radius 1 is 1.10 bits per heavy atom. The molecule has 0 atom stereocenters. The van der Waals surface area contributed by atoms with Crippen molar-refractivity contribution in [1.29, 1.82) is 0 Å². The second kappa shape index (κ2) is 6.19. The molecule has 2 rings (SSSR count). The molecule has 0 saturated carbocycles. The Morgan fingerprint density at radius 2 is 1.70 bits per heavy atom. The van der Waals surface area contributed by atoms with Gasteiger partial charge in [-0.05, 0) is 23.8 Å². The summed E-state index contributed by atoms with van der Waals surface area (Å²) < 4.78 is 0. The first-order chi connectivity index (χ1) is 9.38. The number of hydrogen-bond donors (Lipinski definition) is 1. The molecule has 0 unspecified atom stereocenters. The van der Waals surface area contributed by atoms with Crippen LogP contribution in [0.2, 0.25) is 20.1 Å². The zero-order valence-corrected chi connectivity index (χ0v) is 12.9. The van der Waals surface area contributed by atoms with Crippen molar-refractivity contribution < 1.29 is 9.90 Å². The Morgan fingerprint density at radius 3 is 2.25 bits per heavy atom. The van der Waals surface area contributed by atoms with E-state index in [1.165, 1.54) is 6.20 Å². The minimum Gasteiger partial charge on any atom is -0.481 e. The van der Waals surface area contributed by atoms with Crippen LogP contribution in [0.1, 0.15) is 5.69 Å². The molecule has 1 heterocycles. The maximum absolute atomic E-state index is 10.9. The van der Waals surface area contributed by atoms with Gasteiger partial charge in [-0.2, -0.15) is 0 Å². The van der Waals surface area contributed by atoms with Gasteiger partial charge in [0.25, 0.3) is 0 Å². The van der Waals surface area contributed by atoms with Crippen LogP contribution in [0.3, 0.4) is 0 Å². The van der Waals surface area contributed by atoms with Crippen molar-refractivity contribution in [3.8, 4) is 11.1 Å². The van der Waals surface area contributed by atoms with Crippen LogP contribution in [-0.2, 0) is 11.2 Å². The van der Waals surface area contributed by atoms with Crippen LogP contribution >= 0.6 is 46.4 Å². The van der Waals surface area contributed by atoms with E-state index in [4.69, 9.17) is 51.5 Å². The summed E-state index contributed by atoms with van der Waals surface area (Å²) in [4.78, 5) is 14.9. The highest BCUT2D eigenvalue weighted by Gasteiger charge is 2.14. The van der Waals surface area contributed by atoms with Crippen molar-refractivity contribution in [2.75, 3.05) is 0 Å². The van der Waals surface area contributed by atoms with Gasteiger partial charge in [0.1, 0.15) is 0 Å². The van der Waals surface area contributed by atoms with Crippen LogP contribution < -0.4 is 0 Å². The smallest absolute Gasteiger partial charge is 0.309 e. The first-order valence-electron chi connectivity index (χ1n) is 5.39. The number of aliphatic carboxylic acids is 1. The van der Waals surface area contributed by atoms with Crippen molar-refractivity contribution in [2.24, 2.45) is 0 Å². The summed E-state index contributed by atoms with van der Waals surface area (Å²) in [6, 6.07) is 4.80. The molecule has 7 heteroatoms. The third-order valence-corrected chi connectivity index (χ3v) is 3.95. The minimum atomic E-state index is -0.993. The number of hydrogen-bond acceptors (Lipinski definition) is 2. The molecule has 0 spiro atoms. The monoisotopic (exact) mass is 349 g/mol. The average Bonchev–Trinajstić information content (AvgIpc) is 2.37. The van der Waals surface area contributed by atoms with E-state index < -0.39 is 5.97 Å². The zero-order chi connectivity index (χ0) is 14.9. The maximum Gasteiger partial charge on any atom is 0.309 e. The van der Waals surface area contributed by atoms with Crippen LogP contribution in [0, 0.1) is 0 Å². The molecule has 1 aromatic carbocycles. The number of nitrogens with zero attached hydrogens (tertiary/aromatic N) is 1. The Labute approximate surface area is 135 Å². The first-order valence-corrected chi connectivity index (χ1v) is 6.91. The Hall–Kier alpha value is -1.000. The molecule has 0 fully saturated rings. The Bertz CT molecular complexity index is 665. The highest BCUT2D eigenvalue weighted by Crippen LogP contribution is 2.36. The summed E-state index contributed by atoms with van der Waals surface area (Å²) in [7, 11) is 0. The molecule has 20 heavy (non-hydrogen) atoms. The molecule has 0 bridgehead atoms. The molecule has 0 amide bonds. The summed E-state index contributed by atoms with van der Waals surface area (Å²) in [5, 5.41) is 10.1. The van der Waals surface area contributed by atoms with Crippen LogP contribution in [0.15, 0.2) is 24.4 Å². The van der Waals surface area contributed by atoms with Gasteiger partial charge in [0, 0.05) is 11.8 Å². The van der Waals surface area contributed by atoms with E-state index in [0.29, 0.717) is 21.8 Å². The topological polar surface area (TPSA) is 50.2 Å². The second-order valence-electron chi connectivity index (χ2n) is 3.97. The fraction of sp³-hybridized carbons (Fsp3) is 0.0769. The largest absolute Gasteiger partial charge is 0.481 e. The van der Waals surface area contributed by atoms with E-state index in [-0.39, 0.29) is 21.5 Å². The lowest BCUT2D eigenvalue weighted by Crippen LogP contribution is -2.04. The maximum atomic E-state index is 10.9. The number of carboxylic acids is 1. The van der Waals surface area contributed by atoms with Crippen molar-refractivity contribution >= 4 is 52.4 Å². The molecular weight excluding hydrogens is 344 g/mol. The normalized spacial score (nSPS) is 10.6. The molecule has 2 aromatic rings. The van der Waals surface area contributed by atoms with Gasteiger partial charge in [0.05, 0.1) is 32.2 Å². The third kappa shape index (κ3) is 3.36. The Balaban J connectivity index is 2.61. The number of rotatable bonds is 3.